The average Bonchev–Trinajstić information content (AvgIpc) is 3.53. The highest BCUT2D eigenvalue weighted by molar-refractivity contribution is 5.89. The van der Waals surface area contributed by atoms with Crippen LogP contribution in [0.3, 0.4) is 0 Å². The molecule has 0 aliphatic rings. The average molecular weight is 399 g/mol. The van der Waals surface area contributed by atoms with E-state index < -0.39 is 0 Å². The van der Waals surface area contributed by atoms with Crippen molar-refractivity contribution in [3.8, 4) is 17.1 Å². The molecule has 0 bridgehead atoms. The zero-order valence-corrected chi connectivity index (χ0v) is 16.1. The van der Waals surface area contributed by atoms with E-state index in [0.717, 1.165) is 22.6 Å². The van der Waals surface area contributed by atoms with Crippen LogP contribution in [0.2, 0.25) is 0 Å². The van der Waals surface area contributed by atoms with Crippen LogP contribution in [0.1, 0.15) is 16.1 Å². The number of hydrogen-bond acceptors (Lipinski definition) is 6. The summed E-state index contributed by atoms with van der Waals surface area (Å²) in [6, 6.07) is 9.38. The number of hydrogen-bond donors (Lipinski definition) is 0. The molecule has 5 aromatic heterocycles. The summed E-state index contributed by atoms with van der Waals surface area (Å²) in [4.78, 5) is 25.0. The molecule has 0 N–H and O–H groups in total. The van der Waals surface area contributed by atoms with Gasteiger partial charge in [-0.2, -0.15) is 5.10 Å². The molecule has 0 fully saturated rings. The molecule has 0 amide bonds. The molecule has 0 saturated carbocycles. The number of esters is 1. The first-order valence-corrected chi connectivity index (χ1v) is 9.24. The fourth-order valence-corrected chi connectivity index (χ4v) is 3.23. The van der Waals surface area contributed by atoms with Gasteiger partial charge < -0.3 is 13.7 Å². The Morgan fingerprint density at radius 3 is 2.83 bits per heavy atom. The fraction of sp³-hybridized carbons (Fsp3) is 0.0952. The lowest BCUT2D eigenvalue weighted by Gasteiger charge is -2.03. The summed E-state index contributed by atoms with van der Waals surface area (Å²) in [6.45, 7) is 0.451. The van der Waals surface area contributed by atoms with Crippen molar-refractivity contribution in [3.05, 3.63) is 85.1 Å². The molecule has 30 heavy (non-hydrogen) atoms. The number of rotatable bonds is 5. The van der Waals surface area contributed by atoms with Gasteiger partial charge in [-0.15, -0.1) is 0 Å². The van der Waals surface area contributed by atoms with Gasteiger partial charge in [-0.3, -0.25) is 4.98 Å². The SMILES string of the molecule is COC(=O)c1ccc2nc(Cn3cnc(-c4cncc(-n5cccc5)c4)n3)cn2c1. The van der Waals surface area contributed by atoms with Crippen molar-refractivity contribution in [2.24, 2.45) is 0 Å². The smallest absolute Gasteiger partial charge is 0.339 e. The van der Waals surface area contributed by atoms with Crippen molar-refractivity contribution in [3.63, 3.8) is 0 Å². The minimum Gasteiger partial charge on any atom is -0.465 e. The zero-order valence-electron chi connectivity index (χ0n) is 16.1. The van der Waals surface area contributed by atoms with E-state index in [1.54, 1.807) is 46.1 Å². The summed E-state index contributed by atoms with van der Waals surface area (Å²) in [7, 11) is 1.36. The Balaban J connectivity index is 1.39. The first-order valence-electron chi connectivity index (χ1n) is 9.24. The van der Waals surface area contributed by atoms with Gasteiger partial charge in [-0.05, 0) is 30.3 Å². The molecule has 5 rings (SSSR count). The molecule has 0 unspecified atom stereocenters. The molecular weight excluding hydrogens is 382 g/mol. The van der Waals surface area contributed by atoms with Crippen LogP contribution in [0.25, 0.3) is 22.7 Å². The number of fused-ring (bicyclic) bond motifs is 1. The standard InChI is InChI=1S/C21H17N7O2/c1-30-21(29)15-4-5-19-24-17(12-27(19)11-15)13-28-14-23-20(25-28)16-8-18(10-22-9-16)26-6-2-3-7-26/h2-12,14H,13H2,1H3. The van der Waals surface area contributed by atoms with E-state index in [9.17, 15) is 4.79 Å². The molecule has 5 aromatic rings. The van der Waals surface area contributed by atoms with E-state index in [1.165, 1.54) is 7.11 Å². The summed E-state index contributed by atoms with van der Waals surface area (Å²) < 4.78 is 10.3. The van der Waals surface area contributed by atoms with Crippen LogP contribution in [-0.4, -0.2) is 46.8 Å². The number of pyridine rings is 2. The van der Waals surface area contributed by atoms with Crippen molar-refractivity contribution >= 4 is 11.6 Å². The lowest BCUT2D eigenvalue weighted by molar-refractivity contribution is 0.0600. The topological polar surface area (TPSA) is 92.1 Å². The summed E-state index contributed by atoms with van der Waals surface area (Å²) in [5.41, 5.74) is 3.77. The number of carbonyl (C=O) groups is 1. The van der Waals surface area contributed by atoms with E-state index in [1.807, 2.05) is 41.4 Å². The van der Waals surface area contributed by atoms with Crippen LogP contribution in [0.4, 0.5) is 0 Å². The lowest BCUT2D eigenvalue weighted by Crippen LogP contribution is -2.02. The predicted molar refractivity (Wildman–Crippen MR) is 108 cm³/mol. The Labute approximate surface area is 171 Å². The molecule has 0 aromatic carbocycles. The molecule has 0 atom stereocenters. The third-order valence-corrected chi connectivity index (χ3v) is 4.67. The highest BCUT2D eigenvalue weighted by atomic mass is 16.5. The second kappa shape index (κ2) is 7.28. The number of methoxy groups -OCH3 is 1. The van der Waals surface area contributed by atoms with E-state index in [4.69, 9.17) is 4.74 Å². The van der Waals surface area contributed by atoms with Gasteiger partial charge in [-0.1, -0.05) is 0 Å². The van der Waals surface area contributed by atoms with Crippen LogP contribution in [0, 0.1) is 0 Å². The number of nitrogens with zero attached hydrogens (tertiary/aromatic N) is 7. The molecule has 9 heteroatoms. The minimum atomic E-state index is -0.385. The van der Waals surface area contributed by atoms with E-state index in [0.29, 0.717) is 17.9 Å². The Morgan fingerprint density at radius 2 is 2.00 bits per heavy atom. The third-order valence-electron chi connectivity index (χ3n) is 4.67. The monoisotopic (exact) mass is 399 g/mol. The van der Waals surface area contributed by atoms with Crippen molar-refractivity contribution in [2.75, 3.05) is 7.11 Å². The summed E-state index contributed by atoms with van der Waals surface area (Å²) in [6.07, 6.45) is 12.7. The molecule has 0 spiro atoms. The summed E-state index contributed by atoms with van der Waals surface area (Å²) >= 11 is 0. The van der Waals surface area contributed by atoms with Crippen molar-refractivity contribution in [1.82, 2.24) is 33.7 Å². The van der Waals surface area contributed by atoms with E-state index in [2.05, 4.69) is 20.1 Å². The maximum atomic E-state index is 11.7. The minimum absolute atomic E-state index is 0.385. The number of aromatic nitrogens is 7. The third kappa shape index (κ3) is 3.32. The van der Waals surface area contributed by atoms with Crippen molar-refractivity contribution in [1.29, 1.82) is 0 Å². The predicted octanol–water partition coefficient (Wildman–Crippen LogP) is 2.61. The second-order valence-electron chi connectivity index (χ2n) is 6.69. The summed E-state index contributed by atoms with van der Waals surface area (Å²) in [5, 5.41) is 4.56. The second-order valence-corrected chi connectivity index (χ2v) is 6.69. The summed E-state index contributed by atoms with van der Waals surface area (Å²) in [5.74, 6) is 0.206. The van der Waals surface area contributed by atoms with Crippen LogP contribution < -0.4 is 0 Å². The normalized spacial score (nSPS) is 11.1. The molecule has 0 aliphatic heterocycles. The van der Waals surface area contributed by atoms with Gasteiger partial charge in [0.25, 0.3) is 0 Å². The maximum absolute atomic E-state index is 11.7. The Morgan fingerprint density at radius 1 is 1.13 bits per heavy atom. The zero-order chi connectivity index (χ0) is 20.5. The molecule has 5 heterocycles. The Bertz CT molecular complexity index is 1330. The van der Waals surface area contributed by atoms with Gasteiger partial charge in [0, 0.05) is 36.5 Å². The largest absolute Gasteiger partial charge is 0.465 e. The Hall–Kier alpha value is -4.27. The number of ether oxygens (including phenoxy) is 1. The molecular formula is C21H17N7O2. The van der Waals surface area contributed by atoms with Crippen LogP contribution >= 0.6 is 0 Å². The molecule has 0 saturated heterocycles. The van der Waals surface area contributed by atoms with Gasteiger partial charge >= 0.3 is 5.97 Å². The van der Waals surface area contributed by atoms with Gasteiger partial charge in [0.2, 0.25) is 0 Å². The van der Waals surface area contributed by atoms with Crippen LogP contribution in [-0.2, 0) is 11.3 Å². The maximum Gasteiger partial charge on any atom is 0.339 e. The van der Waals surface area contributed by atoms with Gasteiger partial charge in [0.05, 0.1) is 36.8 Å². The molecule has 0 aliphatic carbocycles. The fourth-order valence-electron chi connectivity index (χ4n) is 3.23. The van der Waals surface area contributed by atoms with Crippen LogP contribution in [0.5, 0.6) is 0 Å². The highest BCUT2D eigenvalue weighted by Gasteiger charge is 2.11. The van der Waals surface area contributed by atoms with Gasteiger partial charge in [0.1, 0.15) is 12.0 Å². The van der Waals surface area contributed by atoms with E-state index in [-0.39, 0.29) is 5.97 Å². The van der Waals surface area contributed by atoms with E-state index >= 15 is 0 Å². The number of imidazole rings is 1. The van der Waals surface area contributed by atoms with Crippen molar-refractivity contribution in [2.45, 2.75) is 6.54 Å². The lowest BCUT2D eigenvalue weighted by atomic mass is 10.2. The van der Waals surface area contributed by atoms with Crippen molar-refractivity contribution < 1.29 is 9.53 Å². The molecule has 0 radical (unpaired) electrons. The Kier molecular flexibility index (Phi) is 4.32. The molecule has 9 nitrogen and oxygen atoms in total. The van der Waals surface area contributed by atoms with Gasteiger partial charge in [0.15, 0.2) is 5.82 Å². The number of carbonyl (C=O) groups excluding carboxylic acids is 1. The first kappa shape index (κ1) is 17.8. The highest BCUT2D eigenvalue weighted by Crippen LogP contribution is 2.18. The van der Waals surface area contributed by atoms with Gasteiger partial charge in [-0.25, -0.2) is 19.4 Å². The first-order chi connectivity index (χ1) is 14.7. The van der Waals surface area contributed by atoms with Crippen LogP contribution in [0.15, 0.2) is 73.8 Å². The quantitative estimate of drug-likeness (QED) is 0.422. The molecule has 148 valence electrons.